The van der Waals surface area contributed by atoms with Crippen molar-refractivity contribution in [1.82, 2.24) is 4.90 Å². The molecule has 0 aliphatic rings. The summed E-state index contributed by atoms with van der Waals surface area (Å²) in [4.78, 5) is 7.09. The summed E-state index contributed by atoms with van der Waals surface area (Å²) in [6.07, 6.45) is 0. The van der Waals surface area contributed by atoms with Crippen molar-refractivity contribution >= 4 is 11.5 Å². The van der Waals surface area contributed by atoms with Gasteiger partial charge in [0, 0.05) is 18.7 Å². The Bertz CT molecular complexity index is 513. The van der Waals surface area contributed by atoms with Gasteiger partial charge in [-0.25, -0.2) is 4.99 Å². The van der Waals surface area contributed by atoms with Crippen molar-refractivity contribution in [3.63, 3.8) is 0 Å². The molecule has 98 valence electrons. The first-order chi connectivity index (χ1) is 9.35. The molecule has 0 aliphatic carbocycles. The molecule has 2 heteroatoms. The fourth-order valence-electron chi connectivity index (χ4n) is 2.05. The average Bonchev–Trinajstić information content (AvgIpc) is 2.49. The van der Waals surface area contributed by atoms with Crippen LogP contribution in [-0.2, 0) is 0 Å². The third-order valence-electron chi connectivity index (χ3n) is 3.09. The van der Waals surface area contributed by atoms with Crippen LogP contribution in [0, 0.1) is 0 Å². The van der Waals surface area contributed by atoms with Gasteiger partial charge in [-0.3, -0.25) is 0 Å². The minimum Gasteiger partial charge on any atom is -0.357 e. The van der Waals surface area contributed by atoms with Crippen molar-refractivity contribution in [2.45, 2.75) is 13.8 Å². The van der Waals surface area contributed by atoms with Gasteiger partial charge in [0.2, 0.25) is 0 Å². The maximum absolute atomic E-state index is 4.81. The lowest BCUT2D eigenvalue weighted by molar-refractivity contribution is 0.466. The second-order valence-corrected chi connectivity index (χ2v) is 4.31. The lowest BCUT2D eigenvalue weighted by atomic mass is 10.2. The first-order valence-electron chi connectivity index (χ1n) is 6.79. The fourth-order valence-corrected chi connectivity index (χ4v) is 2.05. The molecule has 2 aromatic rings. The normalized spacial score (nSPS) is 11.4. The van der Waals surface area contributed by atoms with E-state index < -0.39 is 0 Å². The number of rotatable bonds is 4. The Kier molecular flexibility index (Phi) is 4.73. The van der Waals surface area contributed by atoms with Crippen LogP contribution >= 0.6 is 0 Å². The van der Waals surface area contributed by atoms with Crippen LogP contribution in [0.2, 0.25) is 0 Å². The van der Waals surface area contributed by atoms with Crippen LogP contribution in [0.3, 0.4) is 0 Å². The fraction of sp³-hybridized carbons (Fsp3) is 0.235. The molecule has 0 radical (unpaired) electrons. The number of para-hydroxylation sites is 1. The monoisotopic (exact) mass is 252 g/mol. The van der Waals surface area contributed by atoms with Crippen molar-refractivity contribution in [2.24, 2.45) is 4.99 Å². The third kappa shape index (κ3) is 3.44. The largest absolute Gasteiger partial charge is 0.357 e. The molecule has 2 rings (SSSR count). The van der Waals surface area contributed by atoms with Crippen LogP contribution in [0.1, 0.15) is 19.4 Å². The Morgan fingerprint density at radius 1 is 0.842 bits per heavy atom. The molecule has 0 saturated heterocycles. The molecule has 0 fully saturated rings. The summed E-state index contributed by atoms with van der Waals surface area (Å²) < 4.78 is 0. The Labute approximate surface area is 115 Å². The molecule has 0 atom stereocenters. The Hall–Kier alpha value is -2.09. The highest BCUT2D eigenvalue weighted by molar-refractivity contribution is 6.00. The topological polar surface area (TPSA) is 15.6 Å². The van der Waals surface area contributed by atoms with E-state index >= 15 is 0 Å². The predicted molar refractivity (Wildman–Crippen MR) is 82.0 cm³/mol. The van der Waals surface area contributed by atoms with Gasteiger partial charge in [-0.15, -0.1) is 0 Å². The molecule has 2 aromatic carbocycles. The number of nitrogens with zero attached hydrogens (tertiary/aromatic N) is 2. The lowest BCUT2D eigenvalue weighted by Gasteiger charge is -2.23. The van der Waals surface area contributed by atoms with Crippen molar-refractivity contribution < 1.29 is 0 Å². The van der Waals surface area contributed by atoms with Crippen molar-refractivity contribution in [3.05, 3.63) is 66.2 Å². The van der Waals surface area contributed by atoms with Gasteiger partial charge in [0.15, 0.2) is 0 Å². The minimum atomic E-state index is 0.955. The summed E-state index contributed by atoms with van der Waals surface area (Å²) in [5, 5.41) is 0. The van der Waals surface area contributed by atoms with Gasteiger partial charge in [0.1, 0.15) is 5.84 Å². The van der Waals surface area contributed by atoms with Gasteiger partial charge >= 0.3 is 0 Å². The van der Waals surface area contributed by atoms with Crippen LogP contribution in [0.4, 0.5) is 5.69 Å². The molecular weight excluding hydrogens is 232 g/mol. The molecule has 0 N–H and O–H groups in total. The van der Waals surface area contributed by atoms with Crippen LogP contribution in [0.25, 0.3) is 0 Å². The summed E-state index contributed by atoms with van der Waals surface area (Å²) in [6, 6.07) is 20.5. The molecular formula is C17H20N2. The van der Waals surface area contributed by atoms with Crippen LogP contribution in [-0.4, -0.2) is 23.8 Å². The van der Waals surface area contributed by atoms with E-state index in [-0.39, 0.29) is 0 Å². The number of hydrogen-bond acceptors (Lipinski definition) is 1. The lowest BCUT2D eigenvalue weighted by Crippen LogP contribution is -2.31. The molecule has 2 nitrogen and oxygen atoms in total. The molecule has 19 heavy (non-hydrogen) atoms. The van der Waals surface area contributed by atoms with Crippen molar-refractivity contribution in [3.8, 4) is 0 Å². The van der Waals surface area contributed by atoms with Gasteiger partial charge in [-0.2, -0.15) is 0 Å². The third-order valence-corrected chi connectivity index (χ3v) is 3.09. The SMILES string of the molecule is CCN(CC)/C(=N\c1ccccc1)c1ccccc1. The van der Waals surface area contributed by atoms with E-state index in [2.05, 4.69) is 43.0 Å². The smallest absolute Gasteiger partial charge is 0.136 e. The van der Waals surface area contributed by atoms with Gasteiger partial charge in [-0.05, 0) is 26.0 Å². The quantitative estimate of drug-likeness (QED) is 0.590. The summed E-state index contributed by atoms with van der Waals surface area (Å²) in [6.45, 7) is 6.23. The second kappa shape index (κ2) is 6.74. The summed E-state index contributed by atoms with van der Waals surface area (Å²) in [5.41, 5.74) is 2.16. The van der Waals surface area contributed by atoms with Gasteiger partial charge in [-0.1, -0.05) is 48.5 Å². The molecule has 0 unspecified atom stereocenters. The van der Waals surface area contributed by atoms with Gasteiger partial charge in [0.05, 0.1) is 5.69 Å². The zero-order chi connectivity index (χ0) is 13.5. The van der Waals surface area contributed by atoms with E-state index in [1.807, 2.05) is 36.4 Å². The molecule has 0 amide bonds. The Morgan fingerprint density at radius 2 is 1.37 bits per heavy atom. The van der Waals surface area contributed by atoms with E-state index in [0.29, 0.717) is 0 Å². The number of amidine groups is 1. The van der Waals surface area contributed by atoms with E-state index in [0.717, 1.165) is 30.2 Å². The highest BCUT2D eigenvalue weighted by Gasteiger charge is 2.10. The summed E-state index contributed by atoms with van der Waals surface area (Å²) in [7, 11) is 0. The number of hydrogen-bond donors (Lipinski definition) is 0. The van der Waals surface area contributed by atoms with Crippen molar-refractivity contribution in [2.75, 3.05) is 13.1 Å². The average molecular weight is 252 g/mol. The first kappa shape index (κ1) is 13.3. The molecule has 0 heterocycles. The Morgan fingerprint density at radius 3 is 1.89 bits per heavy atom. The zero-order valence-corrected chi connectivity index (χ0v) is 11.6. The standard InChI is InChI=1S/C17H20N2/c1-3-19(4-2)17(15-11-7-5-8-12-15)18-16-13-9-6-10-14-16/h5-14H,3-4H2,1-2H3/b18-17-. The van der Waals surface area contributed by atoms with Crippen LogP contribution in [0.15, 0.2) is 65.7 Å². The number of aliphatic imine (C=N–C) groups is 1. The second-order valence-electron chi connectivity index (χ2n) is 4.31. The highest BCUT2D eigenvalue weighted by Crippen LogP contribution is 2.15. The van der Waals surface area contributed by atoms with Crippen LogP contribution in [0.5, 0.6) is 0 Å². The number of benzene rings is 2. The highest BCUT2D eigenvalue weighted by atomic mass is 15.2. The molecule has 0 saturated carbocycles. The molecule has 0 aliphatic heterocycles. The van der Waals surface area contributed by atoms with E-state index in [9.17, 15) is 0 Å². The van der Waals surface area contributed by atoms with E-state index in [4.69, 9.17) is 4.99 Å². The van der Waals surface area contributed by atoms with Crippen molar-refractivity contribution in [1.29, 1.82) is 0 Å². The maximum Gasteiger partial charge on any atom is 0.136 e. The first-order valence-corrected chi connectivity index (χ1v) is 6.79. The van der Waals surface area contributed by atoms with Crippen LogP contribution < -0.4 is 0 Å². The van der Waals surface area contributed by atoms with E-state index in [1.165, 1.54) is 0 Å². The predicted octanol–water partition coefficient (Wildman–Crippen LogP) is 4.11. The van der Waals surface area contributed by atoms with Gasteiger partial charge in [0.25, 0.3) is 0 Å². The summed E-state index contributed by atoms with van der Waals surface area (Å²) >= 11 is 0. The van der Waals surface area contributed by atoms with Gasteiger partial charge < -0.3 is 4.90 Å². The summed E-state index contributed by atoms with van der Waals surface area (Å²) in [5.74, 6) is 1.04. The molecule has 0 aromatic heterocycles. The maximum atomic E-state index is 4.81. The van der Waals surface area contributed by atoms with E-state index in [1.54, 1.807) is 0 Å². The molecule has 0 bridgehead atoms. The molecule has 0 spiro atoms. The zero-order valence-electron chi connectivity index (χ0n) is 11.6. The minimum absolute atomic E-state index is 0.955. The Balaban J connectivity index is 2.43.